The highest BCUT2D eigenvalue weighted by atomic mass is 16.4. The number of aromatic nitrogens is 2. The number of anilines is 1. The molecule has 2 heterocycles. The summed E-state index contributed by atoms with van der Waals surface area (Å²) in [5.74, 6) is 0.629. The van der Waals surface area contributed by atoms with E-state index in [1.54, 1.807) is 4.90 Å². The minimum atomic E-state index is -0.472. The highest BCUT2D eigenvalue weighted by Crippen LogP contribution is 2.25. The maximum Gasteiger partial charge on any atom is 0.321 e. The first-order chi connectivity index (χ1) is 11.0. The molecule has 2 N–H and O–H groups in total. The lowest BCUT2D eigenvalue weighted by Gasteiger charge is -2.34. The highest BCUT2D eigenvalue weighted by molar-refractivity contribution is 5.91. The fourth-order valence-electron chi connectivity index (χ4n) is 2.62. The van der Waals surface area contributed by atoms with E-state index in [1.807, 2.05) is 32.0 Å². The van der Waals surface area contributed by atoms with E-state index in [-0.39, 0.29) is 11.9 Å². The number of amides is 2. The van der Waals surface area contributed by atoms with Gasteiger partial charge in [-0.2, -0.15) is 0 Å². The van der Waals surface area contributed by atoms with Crippen LogP contribution >= 0.6 is 0 Å². The van der Waals surface area contributed by atoms with Crippen molar-refractivity contribution in [2.24, 2.45) is 5.92 Å². The van der Waals surface area contributed by atoms with Crippen molar-refractivity contribution < 1.29 is 14.3 Å². The average Bonchev–Trinajstić information content (AvgIpc) is 3.06. The predicted molar refractivity (Wildman–Crippen MR) is 84.9 cm³/mol. The van der Waals surface area contributed by atoms with Gasteiger partial charge in [-0.3, -0.25) is 0 Å². The van der Waals surface area contributed by atoms with Gasteiger partial charge >= 0.3 is 6.03 Å². The van der Waals surface area contributed by atoms with Gasteiger partial charge in [0.05, 0.1) is 6.10 Å². The zero-order valence-corrected chi connectivity index (χ0v) is 13.2. The van der Waals surface area contributed by atoms with Gasteiger partial charge in [0, 0.05) is 24.3 Å². The SMILES string of the molecule is Cc1ccc(-c2nnco2)cc1NC(=O)N1CCC(C)C(O)C1. The molecule has 0 aliphatic carbocycles. The molecule has 122 valence electrons. The van der Waals surface area contributed by atoms with Crippen molar-refractivity contribution in [1.29, 1.82) is 0 Å². The number of hydrogen-bond donors (Lipinski definition) is 2. The van der Waals surface area contributed by atoms with E-state index in [9.17, 15) is 9.90 Å². The molecule has 1 saturated heterocycles. The molecule has 0 spiro atoms. The Morgan fingerprint density at radius 3 is 3.00 bits per heavy atom. The van der Waals surface area contributed by atoms with Crippen LogP contribution in [0.25, 0.3) is 11.5 Å². The smallest absolute Gasteiger partial charge is 0.321 e. The second-order valence-corrected chi connectivity index (χ2v) is 5.98. The van der Waals surface area contributed by atoms with Crippen LogP contribution in [0.5, 0.6) is 0 Å². The number of carbonyl (C=O) groups excluding carboxylic acids is 1. The summed E-state index contributed by atoms with van der Waals surface area (Å²) in [6, 6.07) is 5.36. The van der Waals surface area contributed by atoms with E-state index in [0.717, 1.165) is 17.5 Å². The first-order valence-electron chi connectivity index (χ1n) is 7.66. The van der Waals surface area contributed by atoms with Gasteiger partial charge < -0.3 is 19.7 Å². The Balaban J connectivity index is 1.74. The molecule has 0 saturated carbocycles. The van der Waals surface area contributed by atoms with Gasteiger partial charge in [-0.1, -0.05) is 13.0 Å². The summed E-state index contributed by atoms with van der Waals surface area (Å²) < 4.78 is 5.18. The van der Waals surface area contributed by atoms with Crippen molar-refractivity contribution in [2.45, 2.75) is 26.4 Å². The van der Waals surface area contributed by atoms with Crippen molar-refractivity contribution >= 4 is 11.7 Å². The van der Waals surface area contributed by atoms with E-state index in [2.05, 4.69) is 15.5 Å². The Morgan fingerprint density at radius 1 is 1.48 bits per heavy atom. The maximum atomic E-state index is 12.4. The highest BCUT2D eigenvalue weighted by Gasteiger charge is 2.27. The minimum Gasteiger partial charge on any atom is -0.423 e. The lowest BCUT2D eigenvalue weighted by molar-refractivity contribution is 0.0464. The first kappa shape index (κ1) is 15.5. The molecule has 3 rings (SSSR count). The molecule has 7 nitrogen and oxygen atoms in total. The third-order valence-corrected chi connectivity index (χ3v) is 4.29. The largest absolute Gasteiger partial charge is 0.423 e. The summed E-state index contributed by atoms with van der Waals surface area (Å²) >= 11 is 0. The molecule has 2 atom stereocenters. The molecule has 1 aliphatic heterocycles. The molecule has 2 amide bonds. The molecule has 2 unspecified atom stereocenters. The summed E-state index contributed by atoms with van der Waals surface area (Å²) in [4.78, 5) is 14.1. The fourth-order valence-corrected chi connectivity index (χ4v) is 2.62. The van der Waals surface area contributed by atoms with Crippen molar-refractivity contribution in [3.05, 3.63) is 30.2 Å². The molecular weight excluding hydrogens is 296 g/mol. The Kier molecular flexibility index (Phi) is 4.29. The summed E-state index contributed by atoms with van der Waals surface area (Å²) in [5.41, 5.74) is 2.38. The maximum absolute atomic E-state index is 12.4. The second kappa shape index (κ2) is 6.37. The number of piperidine rings is 1. The van der Waals surface area contributed by atoms with Crippen molar-refractivity contribution in [1.82, 2.24) is 15.1 Å². The van der Waals surface area contributed by atoms with Crippen LogP contribution in [0.15, 0.2) is 29.0 Å². The lowest BCUT2D eigenvalue weighted by Crippen LogP contribution is -2.47. The normalized spacial score (nSPS) is 21.3. The first-order valence-corrected chi connectivity index (χ1v) is 7.66. The van der Waals surface area contributed by atoms with Crippen molar-refractivity contribution in [2.75, 3.05) is 18.4 Å². The molecule has 1 aliphatic rings. The summed E-state index contributed by atoms with van der Waals surface area (Å²) in [6.45, 7) is 4.92. The van der Waals surface area contributed by atoms with E-state index < -0.39 is 6.10 Å². The van der Waals surface area contributed by atoms with Gasteiger partial charge in [0.15, 0.2) is 0 Å². The number of likely N-dealkylation sites (tertiary alicyclic amines) is 1. The zero-order valence-electron chi connectivity index (χ0n) is 13.2. The van der Waals surface area contributed by atoms with Crippen LogP contribution in [-0.4, -0.2) is 45.4 Å². The standard InChI is InChI=1S/C16H20N4O3/c1-10-3-4-12(15-19-17-9-23-15)7-13(10)18-16(22)20-6-5-11(2)14(21)8-20/h3-4,7,9,11,14,21H,5-6,8H2,1-2H3,(H,18,22). The summed E-state index contributed by atoms with van der Waals surface area (Å²) in [6.07, 6.45) is 1.60. The molecule has 23 heavy (non-hydrogen) atoms. The number of urea groups is 1. The Hall–Kier alpha value is -2.41. The molecule has 1 aromatic heterocycles. The van der Waals surface area contributed by atoms with Gasteiger partial charge in [-0.15, -0.1) is 10.2 Å². The van der Waals surface area contributed by atoms with E-state index in [0.29, 0.717) is 24.7 Å². The Labute approximate surface area is 134 Å². The van der Waals surface area contributed by atoms with Crippen molar-refractivity contribution in [3.63, 3.8) is 0 Å². The Bertz CT molecular complexity index is 687. The van der Waals surface area contributed by atoms with E-state index in [1.165, 1.54) is 6.39 Å². The fraction of sp³-hybridized carbons (Fsp3) is 0.438. The monoisotopic (exact) mass is 316 g/mol. The molecule has 2 aromatic rings. The number of aliphatic hydroxyl groups is 1. The van der Waals surface area contributed by atoms with Gasteiger partial charge in [-0.25, -0.2) is 4.79 Å². The van der Waals surface area contributed by atoms with Crippen LogP contribution in [0, 0.1) is 12.8 Å². The third-order valence-electron chi connectivity index (χ3n) is 4.29. The number of rotatable bonds is 2. The van der Waals surface area contributed by atoms with E-state index >= 15 is 0 Å². The number of aliphatic hydroxyl groups excluding tert-OH is 1. The number of hydrogen-bond acceptors (Lipinski definition) is 5. The van der Waals surface area contributed by atoms with E-state index in [4.69, 9.17) is 4.42 Å². The van der Waals surface area contributed by atoms with Gasteiger partial charge in [0.25, 0.3) is 0 Å². The van der Waals surface area contributed by atoms with Crippen LogP contribution < -0.4 is 5.32 Å². The van der Waals surface area contributed by atoms with Gasteiger partial charge in [-0.05, 0) is 37.0 Å². The molecule has 0 bridgehead atoms. The average molecular weight is 316 g/mol. The van der Waals surface area contributed by atoms with Crippen LogP contribution in [-0.2, 0) is 0 Å². The molecule has 0 radical (unpaired) electrons. The quantitative estimate of drug-likeness (QED) is 0.887. The van der Waals surface area contributed by atoms with Crippen molar-refractivity contribution in [3.8, 4) is 11.5 Å². The van der Waals surface area contributed by atoms with Crippen LogP contribution in [0.1, 0.15) is 18.9 Å². The van der Waals surface area contributed by atoms with Crippen LogP contribution in [0.2, 0.25) is 0 Å². The third kappa shape index (κ3) is 3.34. The second-order valence-electron chi connectivity index (χ2n) is 5.98. The van der Waals surface area contributed by atoms with Crippen LogP contribution in [0.3, 0.4) is 0 Å². The molecule has 1 aromatic carbocycles. The topological polar surface area (TPSA) is 91.5 Å². The number of β-amino-alcohol motifs (C(OH)–C–C–N with tert-alkyl or cyclic N) is 1. The molecule has 1 fully saturated rings. The number of nitrogens with zero attached hydrogens (tertiary/aromatic N) is 3. The number of aryl methyl sites for hydroxylation is 1. The summed E-state index contributed by atoms with van der Waals surface area (Å²) in [7, 11) is 0. The molecular formula is C16H20N4O3. The number of nitrogens with one attached hydrogen (secondary N) is 1. The Morgan fingerprint density at radius 2 is 2.30 bits per heavy atom. The van der Waals surface area contributed by atoms with Gasteiger partial charge in [0.2, 0.25) is 12.3 Å². The minimum absolute atomic E-state index is 0.207. The predicted octanol–water partition coefficient (Wildman–Crippen LogP) is 2.28. The lowest BCUT2D eigenvalue weighted by atomic mass is 9.96. The summed E-state index contributed by atoms with van der Waals surface area (Å²) in [5, 5.41) is 20.4. The zero-order chi connectivity index (χ0) is 16.4. The number of carbonyl (C=O) groups is 1. The van der Waals surface area contributed by atoms with Crippen LogP contribution in [0.4, 0.5) is 10.5 Å². The number of benzene rings is 1. The van der Waals surface area contributed by atoms with Gasteiger partial charge in [0.1, 0.15) is 0 Å². The molecule has 7 heteroatoms.